The van der Waals surface area contributed by atoms with E-state index < -0.39 is 0 Å². The summed E-state index contributed by atoms with van der Waals surface area (Å²) in [5.41, 5.74) is 3.46. The summed E-state index contributed by atoms with van der Waals surface area (Å²) in [4.78, 5) is 9.23. The maximum atomic E-state index is 4.62. The lowest BCUT2D eigenvalue weighted by atomic mass is 10.2. The normalized spacial score (nSPS) is 22.9. The standard InChI is InChI=1S/C15H25N3S/c1-5-8-16-13-6-7-14(9-13)19-15-17-11(3)10(2)12(4)18-15/h13-14,16H,5-9H2,1-4H3. The van der Waals surface area contributed by atoms with Gasteiger partial charge in [-0.3, -0.25) is 0 Å². The van der Waals surface area contributed by atoms with Crippen LogP contribution in [0.2, 0.25) is 0 Å². The van der Waals surface area contributed by atoms with Crippen molar-refractivity contribution in [1.29, 1.82) is 0 Å². The van der Waals surface area contributed by atoms with Crippen LogP contribution in [0.25, 0.3) is 0 Å². The predicted octanol–water partition coefficient (Wildman–Crippen LogP) is 3.41. The molecular formula is C15H25N3S. The predicted molar refractivity (Wildman–Crippen MR) is 81.8 cm³/mol. The van der Waals surface area contributed by atoms with Crippen LogP contribution >= 0.6 is 11.8 Å². The third-order valence-electron chi connectivity index (χ3n) is 3.95. The molecule has 19 heavy (non-hydrogen) atoms. The Labute approximate surface area is 121 Å². The molecule has 0 aromatic carbocycles. The van der Waals surface area contributed by atoms with Gasteiger partial charge in [-0.15, -0.1) is 0 Å². The number of hydrogen-bond acceptors (Lipinski definition) is 4. The van der Waals surface area contributed by atoms with E-state index in [9.17, 15) is 0 Å². The fourth-order valence-corrected chi connectivity index (χ4v) is 3.78. The van der Waals surface area contributed by atoms with Gasteiger partial charge in [-0.25, -0.2) is 9.97 Å². The quantitative estimate of drug-likeness (QED) is 0.838. The number of rotatable bonds is 5. The molecule has 1 aliphatic carbocycles. The molecule has 1 fully saturated rings. The number of nitrogens with one attached hydrogen (secondary N) is 1. The molecule has 1 heterocycles. The minimum Gasteiger partial charge on any atom is -0.314 e. The molecule has 1 aromatic rings. The number of nitrogens with zero attached hydrogens (tertiary/aromatic N) is 2. The first-order valence-corrected chi connectivity index (χ1v) is 8.20. The molecule has 0 radical (unpaired) electrons. The number of thioether (sulfide) groups is 1. The van der Waals surface area contributed by atoms with Crippen LogP contribution in [0, 0.1) is 20.8 Å². The summed E-state index contributed by atoms with van der Waals surface area (Å²) in [6.45, 7) is 9.61. The van der Waals surface area contributed by atoms with Gasteiger partial charge in [0.1, 0.15) is 0 Å². The fourth-order valence-electron chi connectivity index (χ4n) is 2.52. The van der Waals surface area contributed by atoms with Gasteiger partial charge >= 0.3 is 0 Å². The first-order valence-electron chi connectivity index (χ1n) is 7.32. The van der Waals surface area contributed by atoms with E-state index in [-0.39, 0.29) is 0 Å². The van der Waals surface area contributed by atoms with E-state index >= 15 is 0 Å². The maximum absolute atomic E-state index is 4.62. The molecule has 0 saturated heterocycles. The van der Waals surface area contributed by atoms with Gasteiger partial charge in [-0.2, -0.15) is 0 Å². The molecule has 0 aliphatic heterocycles. The van der Waals surface area contributed by atoms with Crippen LogP contribution < -0.4 is 5.32 Å². The Morgan fingerprint density at radius 2 is 1.84 bits per heavy atom. The summed E-state index contributed by atoms with van der Waals surface area (Å²) in [7, 11) is 0. The highest BCUT2D eigenvalue weighted by Gasteiger charge is 2.25. The van der Waals surface area contributed by atoms with E-state index in [0.29, 0.717) is 11.3 Å². The summed E-state index contributed by atoms with van der Waals surface area (Å²) in [6.07, 6.45) is 5.04. The van der Waals surface area contributed by atoms with Crippen molar-refractivity contribution in [3.05, 3.63) is 17.0 Å². The van der Waals surface area contributed by atoms with Gasteiger partial charge < -0.3 is 5.32 Å². The summed E-state index contributed by atoms with van der Waals surface area (Å²) >= 11 is 1.86. The lowest BCUT2D eigenvalue weighted by molar-refractivity contribution is 0.524. The zero-order valence-electron chi connectivity index (χ0n) is 12.5. The highest BCUT2D eigenvalue weighted by Crippen LogP contribution is 2.33. The first kappa shape index (κ1) is 14.8. The lowest BCUT2D eigenvalue weighted by Gasteiger charge is -2.13. The van der Waals surface area contributed by atoms with E-state index in [1.807, 2.05) is 11.8 Å². The summed E-state index contributed by atoms with van der Waals surface area (Å²) < 4.78 is 0. The molecule has 2 rings (SSSR count). The molecule has 1 N–H and O–H groups in total. The monoisotopic (exact) mass is 279 g/mol. The molecular weight excluding hydrogens is 254 g/mol. The molecule has 0 spiro atoms. The summed E-state index contributed by atoms with van der Waals surface area (Å²) in [5, 5.41) is 5.26. The van der Waals surface area contributed by atoms with Crippen molar-refractivity contribution in [1.82, 2.24) is 15.3 Å². The smallest absolute Gasteiger partial charge is 0.188 e. The third kappa shape index (κ3) is 3.93. The van der Waals surface area contributed by atoms with E-state index in [1.54, 1.807) is 0 Å². The van der Waals surface area contributed by atoms with Crippen molar-refractivity contribution < 1.29 is 0 Å². The molecule has 2 unspecified atom stereocenters. The SMILES string of the molecule is CCCNC1CCC(Sc2nc(C)c(C)c(C)n2)C1. The maximum Gasteiger partial charge on any atom is 0.188 e. The average Bonchev–Trinajstić information content (AvgIpc) is 2.81. The summed E-state index contributed by atoms with van der Waals surface area (Å²) in [5.74, 6) is 0. The van der Waals surface area contributed by atoms with Crippen LogP contribution in [0.3, 0.4) is 0 Å². The largest absolute Gasteiger partial charge is 0.314 e. The van der Waals surface area contributed by atoms with Gasteiger partial charge in [-0.1, -0.05) is 18.7 Å². The van der Waals surface area contributed by atoms with E-state index in [4.69, 9.17) is 0 Å². The number of aromatic nitrogens is 2. The summed E-state index contributed by atoms with van der Waals surface area (Å²) in [6, 6.07) is 0.699. The van der Waals surface area contributed by atoms with Crippen molar-refractivity contribution in [2.24, 2.45) is 0 Å². The van der Waals surface area contributed by atoms with Gasteiger partial charge in [0.25, 0.3) is 0 Å². The van der Waals surface area contributed by atoms with Crippen molar-refractivity contribution in [3.8, 4) is 0 Å². The molecule has 106 valence electrons. The highest BCUT2D eigenvalue weighted by molar-refractivity contribution is 7.99. The molecule has 1 aromatic heterocycles. The topological polar surface area (TPSA) is 37.8 Å². The van der Waals surface area contributed by atoms with Crippen molar-refractivity contribution >= 4 is 11.8 Å². The lowest BCUT2D eigenvalue weighted by Crippen LogP contribution is -2.27. The molecule has 0 amide bonds. The van der Waals surface area contributed by atoms with Crippen molar-refractivity contribution in [2.75, 3.05) is 6.54 Å². The van der Waals surface area contributed by atoms with Gasteiger partial charge in [0.15, 0.2) is 5.16 Å². The number of aryl methyl sites for hydroxylation is 2. The fraction of sp³-hybridized carbons (Fsp3) is 0.733. The van der Waals surface area contributed by atoms with Crippen LogP contribution in [-0.2, 0) is 0 Å². The molecule has 1 saturated carbocycles. The molecule has 4 heteroatoms. The second kappa shape index (κ2) is 6.71. The van der Waals surface area contributed by atoms with Crippen LogP contribution in [0.1, 0.15) is 49.6 Å². The molecule has 0 bridgehead atoms. The Morgan fingerprint density at radius 3 is 2.47 bits per heavy atom. The first-order chi connectivity index (χ1) is 9.10. The average molecular weight is 279 g/mol. The van der Waals surface area contributed by atoms with Crippen LogP contribution in [0.5, 0.6) is 0 Å². The Kier molecular flexibility index (Phi) is 5.22. The minimum atomic E-state index is 0.677. The van der Waals surface area contributed by atoms with Crippen LogP contribution in [-0.4, -0.2) is 27.8 Å². The second-order valence-electron chi connectivity index (χ2n) is 5.51. The molecule has 3 nitrogen and oxygen atoms in total. The van der Waals surface area contributed by atoms with E-state index in [1.165, 1.54) is 31.2 Å². The number of hydrogen-bond donors (Lipinski definition) is 1. The molecule has 2 atom stereocenters. The zero-order chi connectivity index (χ0) is 13.8. The zero-order valence-corrected chi connectivity index (χ0v) is 13.3. The van der Waals surface area contributed by atoms with Gasteiger partial charge in [0.2, 0.25) is 0 Å². The Bertz CT molecular complexity index is 410. The molecule has 1 aliphatic rings. The Morgan fingerprint density at radius 1 is 1.16 bits per heavy atom. The minimum absolute atomic E-state index is 0.677. The Hall–Kier alpha value is -0.610. The van der Waals surface area contributed by atoms with Gasteiger partial charge in [0, 0.05) is 22.7 Å². The van der Waals surface area contributed by atoms with Crippen LogP contribution in [0.15, 0.2) is 5.16 Å². The Balaban J connectivity index is 1.92. The highest BCUT2D eigenvalue weighted by atomic mass is 32.2. The van der Waals surface area contributed by atoms with E-state index in [0.717, 1.165) is 23.1 Å². The second-order valence-corrected chi connectivity index (χ2v) is 6.77. The van der Waals surface area contributed by atoms with Crippen molar-refractivity contribution in [3.63, 3.8) is 0 Å². The van der Waals surface area contributed by atoms with Crippen molar-refractivity contribution in [2.45, 2.75) is 69.8 Å². The van der Waals surface area contributed by atoms with E-state index in [2.05, 4.69) is 43.0 Å². The third-order valence-corrected chi connectivity index (χ3v) is 5.11. The van der Waals surface area contributed by atoms with Gasteiger partial charge in [-0.05, 0) is 58.6 Å². The van der Waals surface area contributed by atoms with Crippen LogP contribution in [0.4, 0.5) is 0 Å². The van der Waals surface area contributed by atoms with Gasteiger partial charge in [0.05, 0.1) is 0 Å².